The molecule has 0 radical (unpaired) electrons. The average molecular weight is 234 g/mol. The van der Waals surface area contributed by atoms with Gasteiger partial charge in [0.05, 0.1) is 13.0 Å². The van der Waals surface area contributed by atoms with E-state index < -0.39 is 11.9 Å². The second-order valence-corrected chi connectivity index (χ2v) is 3.40. The first-order chi connectivity index (χ1) is 8.11. The van der Waals surface area contributed by atoms with E-state index in [0.29, 0.717) is 12.2 Å². The van der Waals surface area contributed by atoms with Crippen molar-refractivity contribution in [3.05, 3.63) is 41.5 Å². The Morgan fingerprint density at radius 2 is 2.18 bits per heavy atom. The van der Waals surface area contributed by atoms with Gasteiger partial charge in [-0.3, -0.25) is 4.79 Å². The molecule has 1 aromatic rings. The number of aliphatic carboxylic acids is 1. The number of rotatable bonds is 5. The Balaban J connectivity index is 2.71. The monoisotopic (exact) mass is 234 g/mol. The van der Waals surface area contributed by atoms with Crippen molar-refractivity contribution in [3.63, 3.8) is 0 Å². The minimum atomic E-state index is -0.878. The van der Waals surface area contributed by atoms with E-state index in [4.69, 9.17) is 9.84 Å². The Hall–Kier alpha value is -2.10. The molecule has 0 amide bonds. The smallest absolute Gasteiger partial charge is 0.330 e. The van der Waals surface area contributed by atoms with Crippen LogP contribution in [0.25, 0.3) is 6.08 Å². The number of benzene rings is 1. The molecule has 0 atom stereocenters. The van der Waals surface area contributed by atoms with Crippen molar-refractivity contribution in [1.29, 1.82) is 0 Å². The molecule has 0 saturated carbocycles. The molecule has 0 saturated heterocycles. The Morgan fingerprint density at radius 1 is 1.41 bits per heavy atom. The van der Waals surface area contributed by atoms with Crippen LogP contribution in [-0.4, -0.2) is 23.7 Å². The standard InChI is InChI=1S/C13H14O4/c1-2-17-13(16)7-6-10-4-3-5-11(8-10)9-12(14)15/h3-8H,2,9H2,1H3,(H,14,15). The predicted octanol–water partition coefficient (Wildman–Crippen LogP) is 1.89. The largest absolute Gasteiger partial charge is 0.481 e. The van der Waals surface area contributed by atoms with Crippen LogP contribution in [0.2, 0.25) is 0 Å². The van der Waals surface area contributed by atoms with Gasteiger partial charge in [-0.25, -0.2) is 4.79 Å². The zero-order chi connectivity index (χ0) is 12.7. The first-order valence-corrected chi connectivity index (χ1v) is 5.27. The molecule has 4 nitrogen and oxygen atoms in total. The molecule has 4 heteroatoms. The van der Waals surface area contributed by atoms with Gasteiger partial charge in [-0.05, 0) is 24.1 Å². The van der Waals surface area contributed by atoms with Gasteiger partial charge in [0.1, 0.15) is 0 Å². The third-order valence-electron chi connectivity index (χ3n) is 2.00. The summed E-state index contributed by atoms with van der Waals surface area (Å²) in [6, 6.07) is 7.00. The number of carboxylic acid groups (broad SMARTS) is 1. The average Bonchev–Trinajstić information content (AvgIpc) is 2.26. The maximum atomic E-state index is 11.1. The minimum Gasteiger partial charge on any atom is -0.481 e. The van der Waals surface area contributed by atoms with Gasteiger partial charge in [-0.2, -0.15) is 0 Å². The molecule has 0 unspecified atom stereocenters. The first-order valence-electron chi connectivity index (χ1n) is 5.27. The van der Waals surface area contributed by atoms with Crippen LogP contribution >= 0.6 is 0 Å². The van der Waals surface area contributed by atoms with Crippen molar-refractivity contribution in [3.8, 4) is 0 Å². The minimum absolute atomic E-state index is 0.0267. The summed E-state index contributed by atoms with van der Waals surface area (Å²) < 4.78 is 4.74. The number of carbonyl (C=O) groups excluding carboxylic acids is 1. The number of hydrogen-bond acceptors (Lipinski definition) is 3. The van der Waals surface area contributed by atoms with E-state index in [1.165, 1.54) is 6.08 Å². The summed E-state index contributed by atoms with van der Waals surface area (Å²) >= 11 is 0. The molecule has 17 heavy (non-hydrogen) atoms. The van der Waals surface area contributed by atoms with Crippen molar-refractivity contribution in [2.24, 2.45) is 0 Å². The van der Waals surface area contributed by atoms with Crippen LogP contribution in [0.3, 0.4) is 0 Å². The van der Waals surface area contributed by atoms with E-state index in [1.54, 1.807) is 37.3 Å². The third-order valence-corrected chi connectivity index (χ3v) is 2.00. The van der Waals surface area contributed by atoms with Crippen molar-refractivity contribution < 1.29 is 19.4 Å². The lowest BCUT2D eigenvalue weighted by molar-refractivity contribution is -0.137. The van der Waals surface area contributed by atoms with Gasteiger partial charge in [0.2, 0.25) is 0 Å². The highest BCUT2D eigenvalue weighted by Crippen LogP contribution is 2.08. The molecule has 0 aliphatic carbocycles. The summed E-state index contributed by atoms with van der Waals surface area (Å²) in [6.07, 6.45) is 2.90. The maximum Gasteiger partial charge on any atom is 0.330 e. The topological polar surface area (TPSA) is 63.6 Å². The second kappa shape index (κ2) is 6.48. The summed E-state index contributed by atoms with van der Waals surface area (Å²) in [7, 11) is 0. The molecule has 90 valence electrons. The zero-order valence-electron chi connectivity index (χ0n) is 9.55. The second-order valence-electron chi connectivity index (χ2n) is 3.40. The van der Waals surface area contributed by atoms with E-state index in [2.05, 4.69) is 0 Å². The lowest BCUT2D eigenvalue weighted by Gasteiger charge is -1.99. The lowest BCUT2D eigenvalue weighted by atomic mass is 10.1. The highest BCUT2D eigenvalue weighted by Gasteiger charge is 2.00. The Morgan fingerprint density at radius 3 is 2.82 bits per heavy atom. The van der Waals surface area contributed by atoms with E-state index in [-0.39, 0.29) is 6.42 Å². The molecule has 0 heterocycles. The zero-order valence-corrected chi connectivity index (χ0v) is 9.55. The third kappa shape index (κ3) is 4.97. The van der Waals surface area contributed by atoms with Crippen LogP contribution in [0.1, 0.15) is 18.1 Å². The fourth-order valence-corrected chi connectivity index (χ4v) is 1.34. The predicted molar refractivity (Wildman–Crippen MR) is 63.4 cm³/mol. The van der Waals surface area contributed by atoms with E-state index >= 15 is 0 Å². The highest BCUT2D eigenvalue weighted by atomic mass is 16.5. The summed E-state index contributed by atoms with van der Waals surface area (Å²) in [5.41, 5.74) is 1.47. The van der Waals surface area contributed by atoms with Gasteiger partial charge < -0.3 is 9.84 Å². The van der Waals surface area contributed by atoms with Crippen molar-refractivity contribution >= 4 is 18.0 Å². The Kier molecular flexibility index (Phi) is 4.94. The fourth-order valence-electron chi connectivity index (χ4n) is 1.34. The van der Waals surface area contributed by atoms with Gasteiger partial charge in [-0.1, -0.05) is 24.3 Å². The van der Waals surface area contributed by atoms with Crippen molar-refractivity contribution in [2.75, 3.05) is 6.61 Å². The maximum absolute atomic E-state index is 11.1. The quantitative estimate of drug-likeness (QED) is 0.624. The van der Waals surface area contributed by atoms with Crippen LogP contribution in [0, 0.1) is 0 Å². The normalized spacial score (nSPS) is 10.4. The number of esters is 1. The molecule has 1 aromatic carbocycles. The van der Waals surface area contributed by atoms with Crippen molar-refractivity contribution in [1.82, 2.24) is 0 Å². The number of carboxylic acids is 1. The number of carbonyl (C=O) groups is 2. The lowest BCUT2D eigenvalue weighted by Crippen LogP contribution is -2.00. The van der Waals surface area contributed by atoms with Gasteiger partial charge in [0.15, 0.2) is 0 Å². The van der Waals surface area contributed by atoms with Crippen LogP contribution in [-0.2, 0) is 20.7 Å². The van der Waals surface area contributed by atoms with E-state index in [0.717, 1.165) is 5.56 Å². The molecule has 0 aliphatic rings. The van der Waals surface area contributed by atoms with Crippen molar-refractivity contribution in [2.45, 2.75) is 13.3 Å². The van der Waals surface area contributed by atoms with Crippen LogP contribution < -0.4 is 0 Å². The van der Waals surface area contributed by atoms with Gasteiger partial charge in [-0.15, -0.1) is 0 Å². The van der Waals surface area contributed by atoms with E-state index in [9.17, 15) is 9.59 Å². The molecular formula is C13H14O4. The van der Waals surface area contributed by atoms with Gasteiger partial charge >= 0.3 is 11.9 Å². The Labute approximate surface area is 99.5 Å². The molecular weight excluding hydrogens is 220 g/mol. The number of ether oxygens (including phenoxy) is 1. The van der Waals surface area contributed by atoms with Gasteiger partial charge in [0, 0.05) is 6.08 Å². The summed E-state index contributed by atoms with van der Waals surface area (Å²) in [4.78, 5) is 21.6. The molecule has 0 aliphatic heterocycles. The van der Waals surface area contributed by atoms with Gasteiger partial charge in [0.25, 0.3) is 0 Å². The molecule has 0 aromatic heterocycles. The first kappa shape index (κ1) is 13.0. The molecule has 0 spiro atoms. The fraction of sp³-hybridized carbons (Fsp3) is 0.231. The van der Waals surface area contributed by atoms with Crippen LogP contribution in [0.4, 0.5) is 0 Å². The molecule has 0 bridgehead atoms. The molecule has 1 N–H and O–H groups in total. The van der Waals surface area contributed by atoms with Crippen LogP contribution in [0.5, 0.6) is 0 Å². The SMILES string of the molecule is CCOC(=O)C=Cc1cccc(CC(=O)O)c1. The molecule has 1 rings (SSSR count). The Bertz CT molecular complexity index is 435. The van der Waals surface area contributed by atoms with Crippen LogP contribution in [0.15, 0.2) is 30.3 Å². The summed E-state index contributed by atoms with van der Waals surface area (Å²) in [5.74, 6) is -1.28. The number of hydrogen-bond donors (Lipinski definition) is 1. The van der Waals surface area contributed by atoms with E-state index in [1.807, 2.05) is 0 Å². The summed E-state index contributed by atoms with van der Waals surface area (Å²) in [6.45, 7) is 2.07. The molecule has 0 fully saturated rings. The highest BCUT2D eigenvalue weighted by molar-refractivity contribution is 5.87. The summed E-state index contributed by atoms with van der Waals surface area (Å²) in [5, 5.41) is 8.65.